The van der Waals surface area contributed by atoms with Crippen LogP contribution < -0.4 is 24.5 Å². The monoisotopic (exact) mass is 604 g/mol. The van der Waals surface area contributed by atoms with Crippen LogP contribution in [0.4, 0.5) is 0 Å². The van der Waals surface area contributed by atoms with Crippen molar-refractivity contribution >= 4 is 37.6 Å². The molecule has 2 N–H and O–H groups in total. The molecule has 3 aromatic heterocycles. The lowest BCUT2D eigenvalue weighted by atomic mass is 10.1. The van der Waals surface area contributed by atoms with Crippen molar-refractivity contribution in [3.63, 3.8) is 0 Å². The molecule has 0 aliphatic heterocycles. The number of aryl methyl sites for hydroxylation is 1. The Morgan fingerprint density at radius 2 is 1.81 bits per heavy atom. The topological polar surface area (TPSA) is 142 Å². The van der Waals surface area contributed by atoms with E-state index >= 15 is 0 Å². The lowest BCUT2D eigenvalue weighted by molar-refractivity contribution is -0.118. The molecule has 224 valence electrons. The van der Waals surface area contributed by atoms with Crippen LogP contribution in [0.2, 0.25) is 0 Å². The normalized spacial score (nSPS) is 11.5. The maximum absolute atomic E-state index is 13.9. The third-order valence-corrected chi connectivity index (χ3v) is 8.13. The number of hydrogen-bond acceptors (Lipinski definition) is 8. The van der Waals surface area contributed by atoms with Gasteiger partial charge >= 0.3 is 0 Å². The largest absolute Gasteiger partial charge is 0.495 e. The maximum Gasteiger partial charge on any atom is 0.266 e. The number of sulfonamides is 1. The Hall–Kier alpha value is -4.84. The first-order valence-electron chi connectivity index (χ1n) is 13.7. The molecule has 43 heavy (non-hydrogen) atoms. The summed E-state index contributed by atoms with van der Waals surface area (Å²) in [5.74, 6) is 0.258. The summed E-state index contributed by atoms with van der Waals surface area (Å²) >= 11 is 0. The first kappa shape index (κ1) is 29.6. The molecule has 0 fully saturated rings. The van der Waals surface area contributed by atoms with Crippen molar-refractivity contribution in [2.45, 2.75) is 32.9 Å². The molecular formula is C31H32N4O7S. The Bertz CT molecular complexity index is 2000. The highest BCUT2D eigenvalue weighted by Crippen LogP contribution is 2.41. The zero-order chi connectivity index (χ0) is 30.7. The minimum absolute atomic E-state index is 0.255. The number of aromatic nitrogens is 3. The second kappa shape index (κ2) is 12.2. The van der Waals surface area contributed by atoms with Gasteiger partial charge in [-0.15, -0.1) is 0 Å². The van der Waals surface area contributed by atoms with Crippen molar-refractivity contribution in [1.29, 1.82) is 0 Å². The fourth-order valence-electron chi connectivity index (χ4n) is 5.17. The Morgan fingerprint density at radius 3 is 2.53 bits per heavy atom. The van der Waals surface area contributed by atoms with Gasteiger partial charge in [-0.1, -0.05) is 12.1 Å². The Morgan fingerprint density at radius 1 is 1.05 bits per heavy atom. The quantitative estimate of drug-likeness (QED) is 0.229. The molecular weight excluding hydrogens is 572 g/mol. The zero-order valence-corrected chi connectivity index (χ0v) is 25.1. The van der Waals surface area contributed by atoms with E-state index in [1.807, 2.05) is 26.0 Å². The van der Waals surface area contributed by atoms with E-state index in [1.54, 1.807) is 49.6 Å². The average Bonchev–Trinajstić information content (AvgIpc) is 3.31. The summed E-state index contributed by atoms with van der Waals surface area (Å²) in [5.41, 5.74) is 2.46. The second-order valence-electron chi connectivity index (χ2n) is 9.81. The van der Waals surface area contributed by atoms with Crippen LogP contribution in [0, 0.1) is 6.92 Å². The van der Waals surface area contributed by atoms with Gasteiger partial charge in [0.25, 0.3) is 5.56 Å². The number of carbonyl (C=O) groups excluding carboxylic acids is 1. The van der Waals surface area contributed by atoms with Gasteiger partial charge in [-0.2, -0.15) is 0 Å². The number of amides is 1. The van der Waals surface area contributed by atoms with Crippen molar-refractivity contribution in [2.24, 2.45) is 0 Å². The van der Waals surface area contributed by atoms with E-state index in [0.717, 1.165) is 10.9 Å². The van der Waals surface area contributed by atoms with E-state index in [0.29, 0.717) is 63.7 Å². The average molecular weight is 605 g/mol. The van der Waals surface area contributed by atoms with Gasteiger partial charge < -0.3 is 19.2 Å². The molecule has 11 nitrogen and oxygen atoms in total. The molecule has 5 rings (SSSR count). The van der Waals surface area contributed by atoms with E-state index in [1.165, 1.54) is 17.9 Å². The number of aromatic amines is 1. The maximum atomic E-state index is 13.9. The summed E-state index contributed by atoms with van der Waals surface area (Å²) in [6, 6.07) is 12.0. The second-order valence-corrected chi connectivity index (χ2v) is 11.5. The van der Waals surface area contributed by atoms with E-state index in [4.69, 9.17) is 14.2 Å². The lowest BCUT2D eigenvalue weighted by Crippen LogP contribution is -2.33. The number of benzene rings is 2. The van der Waals surface area contributed by atoms with Crippen molar-refractivity contribution in [2.75, 3.05) is 20.3 Å². The molecule has 3 heterocycles. The first-order valence-corrected chi connectivity index (χ1v) is 15.4. The predicted molar refractivity (Wildman–Crippen MR) is 164 cm³/mol. The third kappa shape index (κ3) is 5.91. The van der Waals surface area contributed by atoms with Crippen LogP contribution in [0.5, 0.6) is 17.2 Å². The predicted octanol–water partition coefficient (Wildman–Crippen LogP) is 4.17. The molecule has 0 unspecified atom stereocenters. The van der Waals surface area contributed by atoms with Gasteiger partial charge in [0.05, 0.1) is 60.2 Å². The summed E-state index contributed by atoms with van der Waals surface area (Å²) in [5, 5.41) is 1.73. The number of fused-ring (bicyclic) bond motifs is 2. The van der Waals surface area contributed by atoms with Crippen molar-refractivity contribution in [3.8, 4) is 22.9 Å². The number of carbonyl (C=O) groups is 1. The third-order valence-electron chi connectivity index (χ3n) is 6.88. The van der Waals surface area contributed by atoms with Crippen LogP contribution >= 0.6 is 0 Å². The van der Waals surface area contributed by atoms with Crippen LogP contribution in [0.3, 0.4) is 0 Å². The van der Waals surface area contributed by atoms with E-state index in [-0.39, 0.29) is 12.0 Å². The van der Waals surface area contributed by atoms with Gasteiger partial charge in [-0.3, -0.25) is 23.9 Å². The van der Waals surface area contributed by atoms with Gasteiger partial charge in [-0.25, -0.2) is 8.42 Å². The SMILES string of the molecule is CCOc1c2cn(-c3ccc(CS(=O)(=O)NC(=O)Cc4ncccc4OC)cc3C)c(=O)c2c(OCC)c2ccc[nH]c12. The number of ether oxygens (including phenoxy) is 3. The number of methoxy groups -OCH3 is 1. The van der Waals surface area contributed by atoms with Gasteiger partial charge in [0.1, 0.15) is 11.5 Å². The van der Waals surface area contributed by atoms with Gasteiger partial charge in [0.2, 0.25) is 15.9 Å². The molecule has 0 saturated heterocycles. The summed E-state index contributed by atoms with van der Waals surface area (Å²) in [6.45, 7) is 6.29. The molecule has 0 saturated carbocycles. The van der Waals surface area contributed by atoms with E-state index in [9.17, 15) is 18.0 Å². The highest BCUT2D eigenvalue weighted by molar-refractivity contribution is 7.89. The summed E-state index contributed by atoms with van der Waals surface area (Å²) in [4.78, 5) is 33.7. The number of hydrogen-bond donors (Lipinski definition) is 2. The van der Waals surface area contributed by atoms with Crippen LogP contribution in [0.1, 0.15) is 30.7 Å². The number of rotatable bonds is 11. The van der Waals surface area contributed by atoms with E-state index in [2.05, 4.69) is 14.7 Å². The van der Waals surface area contributed by atoms with Crippen LogP contribution in [-0.4, -0.2) is 49.2 Å². The minimum Gasteiger partial charge on any atom is -0.495 e. The van der Waals surface area contributed by atoms with Crippen molar-refractivity contribution in [1.82, 2.24) is 19.3 Å². The molecule has 1 amide bonds. The number of nitrogens with one attached hydrogen (secondary N) is 2. The molecule has 0 aliphatic rings. The number of pyridine rings is 2. The Balaban J connectivity index is 1.47. The molecule has 12 heteroatoms. The molecule has 0 radical (unpaired) electrons. The molecule has 5 aromatic rings. The zero-order valence-electron chi connectivity index (χ0n) is 24.3. The Kier molecular flexibility index (Phi) is 8.40. The highest BCUT2D eigenvalue weighted by atomic mass is 32.2. The van der Waals surface area contributed by atoms with Crippen LogP contribution in [0.15, 0.2) is 65.8 Å². The van der Waals surface area contributed by atoms with Gasteiger partial charge in [0.15, 0.2) is 5.75 Å². The lowest BCUT2D eigenvalue weighted by Gasteiger charge is -2.13. The summed E-state index contributed by atoms with van der Waals surface area (Å²) < 4.78 is 46.5. The van der Waals surface area contributed by atoms with Gasteiger partial charge in [-0.05, 0) is 62.2 Å². The number of nitrogens with zero attached hydrogens (tertiary/aromatic N) is 2. The smallest absolute Gasteiger partial charge is 0.266 e. The van der Waals surface area contributed by atoms with Crippen LogP contribution in [-0.2, 0) is 27.0 Å². The highest BCUT2D eigenvalue weighted by Gasteiger charge is 2.23. The number of H-pyrrole nitrogens is 1. The fraction of sp³-hybridized carbons (Fsp3) is 0.258. The van der Waals surface area contributed by atoms with Crippen molar-refractivity contribution in [3.05, 3.63) is 88.2 Å². The minimum atomic E-state index is -4.02. The van der Waals surface area contributed by atoms with Crippen LogP contribution in [0.25, 0.3) is 27.4 Å². The van der Waals surface area contributed by atoms with Gasteiger partial charge in [0, 0.05) is 24.0 Å². The fourth-order valence-corrected chi connectivity index (χ4v) is 6.28. The molecule has 0 bridgehead atoms. The molecule has 0 aliphatic carbocycles. The first-order chi connectivity index (χ1) is 20.7. The molecule has 0 spiro atoms. The standard InChI is InChI=1S/C31H32N4O7S/c1-5-41-29-21-9-7-14-33-28(21)30(42-6-2)22-17-35(31(37)27(22)29)24-12-11-20(15-19(24)3)18-43(38,39)34-26(36)16-23-25(40-4)10-8-13-32-23/h7-15,17,33H,5-6,16,18H2,1-4H3,(H,34,36). The Labute approximate surface area is 248 Å². The van der Waals surface area contributed by atoms with Crippen molar-refractivity contribution < 1.29 is 27.4 Å². The van der Waals surface area contributed by atoms with E-state index < -0.39 is 21.7 Å². The summed E-state index contributed by atoms with van der Waals surface area (Å²) in [6.07, 6.45) is 4.75. The molecule has 0 atom stereocenters. The summed E-state index contributed by atoms with van der Waals surface area (Å²) in [7, 11) is -2.57. The molecule has 2 aromatic carbocycles.